The van der Waals surface area contributed by atoms with Crippen LogP contribution in [-0.4, -0.2) is 22.6 Å². The van der Waals surface area contributed by atoms with Crippen LogP contribution in [0.2, 0.25) is 0 Å². The van der Waals surface area contributed by atoms with E-state index in [2.05, 4.69) is 27.8 Å². The van der Waals surface area contributed by atoms with Crippen molar-refractivity contribution >= 4 is 17.4 Å². The summed E-state index contributed by atoms with van der Waals surface area (Å²) in [4.78, 5) is 12.0. The zero-order valence-electron chi connectivity index (χ0n) is 11.7. The first-order valence-electron chi connectivity index (χ1n) is 6.70. The number of nitrogens with one attached hydrogen (secondary N) is 2. The van der Waals surface area contributed by atoms with Gasteiger partial charge in [-0.1, -0.05) is 19.1 Å². The van der Waals surface area contributed by atoms with Gasteiger partial charge in [0.25, 0.3) is 5.91 Å². The number of nitrogens with zero attached hydrogens (tertiary/aromatic N) is 2. The zero-order chi connectivity index (χ0) is 14.4. The minimum atomic E-state index is -0.259. The van der Waals surface area contributed by atoms with E-state index in [1.807, 2.05) is 31.2 Å². The van der Waals surface area contributed by atoms with Crippen molar-refractivity contribution in [3.05, 3.63) is 47.7 Å². The average Bonchev–Trinajstić information content (AvgIpc) is 2.49. The van der Waals surface area contributed by atoms with E-state index in [0.717, 1.165) is 18.7 Å². The number of carbonyl (C=O) groups excluding carboxylic acids is 1. The average molecular weight is 270 g/mol. The Kier molecular flexibility index (Phi) is 4.65. The second-order valence-electron chi connectivity index (χ2n) is 4.34. The first kappa shape index (κ1) is 14.0. The maximum atomic E-state index is 12.0. The summed E-state index contributed by atoms with van der Waals surface area (Å²) in [6, 6.07) is 11.2. The second kappa shape index (κ2) is 6.65. The minimum absolute atomic E-state index is 0.259. The molecule has 0 radical (unpaired) electrons. The lowest BCUT2D eigenvalue weighted by molar-refractivity contribution is 0.102. The fraction of sp³-hybridized carbons (Fsp3) is 0.267. The van der Waals surface area contributed by atoms with E-state index < -0.39 is 0 Å². The Morgan fingerprint density at radius 3 is 2.35 bits per heavy atom. The van der Waals surface area contributed by atoms with Gasteiger partial charge in [-0.25, -0.2) is 0 Å². The summed E-state index contributed by atoms with van der Waals surface area (Å²) in [6.45, 7) is 4.83. The number of carbonyl (C=O) groups is 1. The molecule has 104 valence electrons. The highest BCUT2D eigenvalue weighted by Crippen LogP contribution is 2.11. The van der Waals surface area contributed by atoms with E-state index in [1.165, 1.54) is 5.56 Å². The third-order valence-corrected chi connectivity index (χ3v) is 2.88. The van der Waals surface area contributed by atoms with E-state index in [-0.39, 0.29) is 5.91 Å². The van der Waals surface area contributed by atoms with Crippen molar-refractivity contribution in [3.8, 4) is 0 Å². The molecule has 5 nitrogen and oxygen atoms in total. The predicted octanol–water partition coefficient (Wildman–Crippen LogP) is 2.72. The number of rotatable bonds is 5. The van der Waals surface area contributed by atoms with Gasteiger partial charge in [-0.15, -0.1) is 10.2 Å². The van der Waals surface area contributed by atoms with Gasteiger partial charge < -0.3 is 10.6 Å². The molecule has 0 aliphatic carbocycles. The molecule has 0 bridgehead atoms. The SMILES string of the molecule is CCNc1ccc(C(=O)Nc2ccc(CC)cc2)nn1. The van der Waals surface area contributed by atoms with Crippen molar-refractivity contribution in [1.29, 1.82) is 0 Å². The number of anilines is 2. The number of benzene rings is 1. The van der Waals surface area contributed by atoms with Crippen LogP contribution in [0.1, 0.15) is 29.9 Å². The topological polar surface area (TPSA) is 66.9 Å². The van der Waals surface area contributed by atoms with Crippen LogP contribution in [0.5, 0.6) is 0 Å². The second-order valence-corrected chi connectivity index (χ2v) is 4.34. The van der Waals surface area contributed by atoms with E-state index in [1.54, 1.807) is 12.1 Å². The lowest BCUT2D eigenvalue weighted by Gasteiger charge is -2.06. The molecule has 0 aliphatic heterocycles. The Morgan fingerprint density at radius 2 is 1.80 bits per heavy atom. The molecule has 1 heterocycles. The first-order valence-corrected chi connectivity index (χ1v) is 6.70. The number of hydrogen-bond acceptors (Lipinski definition) is 4. The van der Waals surface area contributed by atoms with Crippen LogP contribution in [0.4, 0.5) is 11.5 Å². The van der Waals surface area contributed by atoms with Crippen molar-refractivity contribution in [3.63, 3.8) is 0 Å². The molecule has 2 aromatic rings. The molecule has 20 heavy (non-hydrogen) atoms. The maximum absolute atomic E-state index is 12.0. The Bertz CT molecular complexity index is 563. The van der Waals surface area contributed by atoms with Crippen LogP contribution in [-0.2, 0) is 6.42 Å². The molecule has 2 rings (SSSR count). The third kappa shape index (κ3) is 3.54. The molecule has 1 aromatic carbocycles. The van der Waals surface area contributed by atoms with Crippen LogP contribution < -0.4 is 10.6 Å². The van der Waals surface area contributed by atoms with Crippen LogP contribution in [0.15, 0.2) is 36.4 Å². The quantitative estimate of drug-likeness (QED) is 0.876. The zero-order valence-corrected chi connectivity index (χ0v) is 11.7. The van der Waals surface area contributed by atoms with E-state index in [0.29, 0.717) is 11.5 Å². The largest absolute Gasteiger partial charge is 0.369 e. The van der Waals surface area contributed by atoms with Gasteiger partial charge in [-0.2, -0.15) is 0 Å². The summed E-state index contributed by atoms with van der Waals surface area (Å²) in [7, 11) is 0. The summed E-state index contributed by atoms with van der Waals surface area (Å²) in [5, 5.41) is 13.7. The Labute approximate surface area is 118 Å². The lowest BCUT2D eigenvalue weighted by Crippen LogP contribution is -2.14. The molecule has 0 fully saturated rings. The van der Waals surface area contributed by atoms with E-state index >= 15 is 0 Å². The van der Waals surface area contributed by atoms with E-state index in [9.17, 15) is 4.79 Å². The van der Waals surface area contributed by atoms with Crippen LogP contribution in [0, 0.1) is 0 Å². The van der Waals surface area contributed by atoms with Crippen molar-refractivity contribution in [2.75, 3.05) is 17.2 Å². The standard InChI is InChI=1S/C15H18N4O/c1-3-11-5-7-12(8-6-11)17-15(20)13-9-10-14(16-4-2)19-18-13/h5-10H,3-4H2,1-2H3,(H,16,19)(H,17,20). The van der Waals surface area contributed by atoms with Crippen LogP contribution in [0.3, 0.4) is 0 Å². The number of amides is 1. The summed E-state index contributed by atoms with van der Waals surface area (Å²) in [5.74, 6) is 0.404. The molecule has 5 heteroatoms. The van der Waals surface area contributed by atoms with Gasteiger partial charge in [0.1, 0.15) is 5.82 Å². The molecule has 0 saturated carbocycles. The predicted molar refractivity (Wildman–Crippen MR) is 80.0 cm³/mol. The molecule has 2 N–H and O–H groups in total. The van der Waals surface area contributed by atoms with Gasteiger partial charge in [0, 0.05) is 12.2 Å². The Morgan fingerprint density at radius 1 is 1.05 bits per heavy atom. The van der Waals surface area contributed by atoms with Gasteiger partial charge in [-0.05, 0) is 43.2 Å². The molecule has 0 unspecified atom stereocenters. The fourth-order valence-corrected chi connectivity index (χ4v) is 1.75. The van der Waals surface area contributed by atoms with Crippen molar-refractivity contribution in [1.82, 2.24) is 10.2 Å². The first-order chi connectivity index (χ1) is 9.72. The summed E-state index contributed by atoms with van der Waals surface area (Å²) < 4.78 is 0. The normalized spacial score (nSPS) is 10.1. The summed E-state index contributed by atoms with van der Waals surface area (Å²) in [6.07, 6.45) is 0.978. The van der Waals surface area contributed by atoms with Gasteiger partial charge >= 0.3 is 0 Å². The molecule has 0 aliphatic rings. The summed E-state index contributed by atoms with van der Waals surface area (Å²) >= 11 is 0. The Balaban J connectivity index is 2.03. The van der Waals surface area contributed by atoms with E-state index in [4.69, 9.17) is 0 Å². The highest BCUT2D eigenvalue weighted by atomic mass is 16.1. The molecule has 1 amide bonds. The van der Waals surface area contributed by atoms with Crippen molar-refractivity contribution < 1.29 is 4.79 Å². The third-order valence-electron chi connectivity index (χ3n) is 2.88. The van der Waals surface area contributed by atoms with Crippen molar-refractivity contribution in [2.45, 2.75) is 20.3 Å². The Hall–Kier alpha value is -2.43. The molecule has 0 spiro atoms. The fourth-order valence-electron chi connectivity index (χ4n) is 1.75. The monoisotopic (exact) mass is 270 g/mol. The number of hydrogen-bond donors (Lipinski definition) is 2. The molecule has 0 saturated heterocycles. The number of aromatic nitrogens is 2. The smallest absolute Gasteiger partial charge is 0.276 e. The highest BCUT2D eigenvalue weighted by Gasteiger charge is 2.08. The molecular formula is C15H18N4O. The lowest BCUT2D eigenvalue weighted by atomic mass is 10.1. The minimum Gasteiger partial charge on any atom is -0.369 e. The van der Waals surface area contributed by atoms with Crippen molar-refractivity contribution in [2.24, 2.45) is 0 Å². The van der Waals surface area contributed by atoms with Crippen LogP contribution >= 0.6 is 0 Å². The molecule has 0 atom stereocenters. The van der Waals surface area contributed by atoms with Crippen LogP contribution in [0.25, 0.3) is 0 Å². The summed E-state index contributed by atoms with van der Waals surface area (Å²) in [5.41, 5.74) is 2.29. The molecular weight excluding hydrogens is 252 g/mol. The van der Waals surface area contributed by atoms with Gasteiger partial charge in [0.05, 0.1) is 0 Å². The van der Waals surface area contributed by atoms with Gasteiger partial charge in [0.2, 0.25) is 0 Å². The van der Waals surface area contributed by atoms with Gasteiger partial charge in [0.15, 0.2) is 5.69 Å². The molecule has 1 aromatic heterocycles. The van der Waals surface area contributed by atoms with Gasteiger partial charge in [-0.3, -0.25) is 4.79 Å². The maximum Gasteiger partial charge on any atom is 0.276 e. The highest BCUT2D eigenvalue weighted by molar-refractivity contribution is 6.02. The number of aryl methyl sites for hydroxylation is 1.